The zero-order valence-electron chi connectivity index (χ0n) is 16.2. The van der Waals surface area contributed by atoms with E-state index in [4.69, 9.17) is 0 Å². The molecular formula is C21H20N8O. The SMILES string of the molecule is O=C(c1cccc(-n2cnnn2)c1)N1CCC[C@@H](c2[nH]ncc2-c2ccncc2)C1. The molecule has 0 bridgehead atoms. The van der Waals surface area contributed by atoms with E-state index in [9.17, 15) is 4.79 Å². The largest absolute Gasteiger partial charge is 0.338 e. The number of likely N-dealkylation sites (tertiary alicyclic amines) is 1. The third-order valence-corrected chi connectivity index (χ3v) is 5.48. The maximum absolute atomic E-state index is 13.2. The Balaban J connectivity index is 1.37. The highest BCUT2D eigenvalue weighted by molar-refractivity contribution is 5.95. The maximum Gasteiger partial charge on any atom is 0.253 e. The van der Waals surface area contributed by atoms with Crippen LogP contribution in [-0.4, -0.2) is 59.3 Å². The van der Waals surface area contributed by atoms with E-state index in [0.29, 0.717) is 12.1 Å². The van der Waals surface area contributed by atoms with E-state index in [2.05, 4.69) is 30.7 Å². The number of H-pyrrole nitrogens is 1. The van der Waals surface area contributed by atoms with Crippen molar-refractivity contribution < 1.29 is 4.79 Å². The van der Waals surface area contributed by atoms with Crippen molar-refractivity contribution in [3.8, 4) is 16.8 Å². The van der Waals surface area contributed by atoms with Gasteiger partial charge in [-0.1, -0.05) is 6.07 Å². The highest BCUT2D eigenvalue weighted by atomic mass is 16.2. The van der Waals surface area contributed by atoms with Gasteiger partial charge in [-0.3, -0.25) is 14.9 Å². The van der Waals surface area contributed by atoms with Gasteiger partial charge < -0.3 is 4.90 Å². The second kappa shape index (κ2) is 7.86. The minimum atomic E-state index is 0.0135. The van der Waals surface area contributed by atoms with Crippen LogP contribution in [-0.2, 0) is 0 Å². The zero-order chi connectivity index (χ0) is 20.3. The molecule has 1 amide bonds. The van der Waals surface area contributed by atoms with Gasteiger partial charge in [-0.25, -0.2) is 4.68 Å². The lowest BCUT2D eigenvalue weighted by Gasteiger charge is -2.33. The minimum Gasteiger partial charge on any atom is -0.338 e. The third kappa shape index (κ3) is 3.45. The lowest BCUT2D eigenvalue weighted by Crippen LogP contribution is -2.39. The molecule has 1 atom stereocenters. The highest BCUT2D eigenvalue weighted by Gasteiger charge is 2.28. The van der Waals surface area contributed by atoms with Gasteiger partial charge in [-0.05, 0) is 59.2 Å². The van der Waals surface area contributed by atoms with Gasteiger partial charge in [0.05, 0.1) is 11.9 Å². The first-order valence-electron chi connectivity index (χ1n) is 9.86. The number of amides is 1. The van der Waals surface area contributed by atoms with Crippen molar-refractivity contribution in [3.63, 3.8) is 0 Å². The lowest BCUT2D eigenvalue weighted by molar-refractivity contribution is 0.0706. The molecule has 4 heterocycles. The summed E-state index contributed by atoms with van der Waals surface area (Å²) in [6.07, 6.45) is 8.87. The molecular weight excluding hydrogens is 380 g/mol. The Morgan fingerprint density at radius 3 is 2.90 bits per heavy atom. The monoisotopic (exact) mass is 400 g/mol. The van der Waals surface area contributed by atoms with Crippen LogP contribution in [0.25, 0.3) is 16.8 Å². The molecule has 9 nitrogen and oxygen atoms in total. The summed E-state index contributed by atoms with van der Waals surface area (Å²) >= 11 is 0. The predicted molar refractivity (Wildman–Crippen MR) is 109 cm³/mol. The number of aromatic amines is 1. The number of nitrogens with one attached hydrogen (secondary N) is 1. The summed E-state index contributed by atoms with van der Waals surface area (Å²) in [5, 5.41) is 18.7. The highest BCUT2D eigenvalue weighted by Crippen LogP contribution is 2.33. The van der Waals surface area contributed by atoms with Crippen LogP contribution in [0, 0.1) is 0 Å². The van der Waals surface area contributed by atoms with Crippen LogP contribution in [0.2, 0.25) is 0 Å². The van der Waals surface area contributed by atoms with Crippen LogP contribution in [0.5, 0.6) is 0 Å². The number of hydrogen-bond donors (Lipinski definition) is 1. The summed E-state index contributed by atoms with van der Waals surface area (Å²) in [7, 11) is 0. The van der Waals surface area contributed by atoms with E-state index in [0.717, 1.165) is 41.9 Å². The summed E-state index contributed by atoms with van der Waals surface area (Å²) in [6, 6.07) is 11.3. The van der Waals surface area contributed by atoms with Crippen molar-refractivity contribution in [2.24, 2.45) is 0 Å². The van der Waals surface area contributed by atoms with E-state index in [1.165, 1.54) is 6.33 Å². The number of rotatable bonds is 4. The van der Waals surface area contributed by atoms with Crippen LogP contribution < -0.4 is 0 Å². The molecule has 0 unspecified atom stereocenters. The number of tetrazole rings is 1. The van der Waals surface area contributed by atoms with Crippen molar-refractivity contribution in [1.82, 2.24) is 40.3 Å². The molecule has 1 aliphatic heterocycles. The average Bonchev–Trinajstić information content (AvgIpc) is 3.52. The molecule has 4 aromatic rings. The van der Waals surface area contributed by atoms with Gasteiger partial charge in [0, 0.05) is 48.2 Å². The summed E-state index contributed by atoms with van der Waals surface area (Å²) in [5.74, 6) is 0.218. The minimum absolute atomic E-state index is 0.0135. The van der Waals surface area contributed by atoms with Crippen LogP contribution in [0.1, 0.15) is 34.8 Å². The average molecular weight is 400 g/mol. The fourth-order valence-electron chi connectivity index (χ4n) is 4.01. The summed E-state index contributed by atoms with van der Waals surface area (Å²) in [4.78, 5) is 19.2. The maximum atomic E-state index is 13.2. The Hall–Kier alpha value is -3.88. The molecule has 0 spiro atoms. The Kier molecular flexibility index (Phi) is 4.76. The van der Waals surface area contributed by atoms with E-state index in [1.807, 2.05) is 47.5 Å². The first kappa shape index (κ1) is 18.2. The molecule has 3 aromatic heterocycles. The van der Waals surface area contributed by atoms with Crippen LogP contribution in [0.15, 0.2) is 61.3 Å². The standard InChI is InChI=1S/C21H20N8O/c30-21(16-3-1-5-18(11-16)29-14-24-26-27-29)28-10-2-4-17(13-28)20-19(12-23-25-20)15-6-8-22-9-7-15/h1,3,5-9,11-12,14,17H,2,4,10,13H2,(H,23,25)/t17-/m1/s1. The molecule has 5 rings (SSSR count). The molecule has 1 aromatic carbocycles. The van der Waals surface area contributed by atoms with E-state index in [-0.39, 0.29) is 11.8 Å². The van der Waals surface area contributed by atoms with Crippen LogP contribution in [0.3, 0.4) is 0 Å². The van der Waals surface area contributed by atoms with Gasteiger partial charge in [-0.15, -0.1) is 5.10 Å². The fourth-order valence-corrected chi connectivity index (χ4v) is 4.01. The van der Waals surface area contributed by atoms with Gasteiger partial charge in [-0.2, -0.15) is 5.10 Å². The van der Waals surface area contributed by atoms with Gasteiger partial charge in [0.2, 0.25) is 0 Å². The summed E-state index contributed by atoms with van der Waals surface area (Å²) < 4.78 is 1.54. The molecule has 150 valence electrons. The van der Waals surface area contributed by atoms with Crippen molar-refractivity contribution in [2.45, 2.75) is 18.8 Å². The van der Waals surface area contributed by atoms with Gasteiger partial charge in [0.25, 0.3) is 5.91 Å². The normalized spacial score (nSPS) is 16.5. The van der Waals surface area contributed by atoms with Gasteiger partial charge >= 0.3 is 0 Å². The molecule has 1 saturated heterocycles. The van der Waals surface area contributed by atoms with Gasteiger partial charge in [0.1, 0.15) is 6.33 Å². The summed E-state index contributed by atoms with van der Waals surface area (Å²) in [5.41, 5.74) is 4.60. The lowest BCUT2D eigenvalue weighted by atomic mass is 9.90. The quantitative estimate of drug-likeness (QED) is 0.564. The van der Waals surface area contributed by atoms with Crippen LogP contribution >= 0.6 is 0 Å². The Bertz CT molecular complexity index is 1140. The molecule has 30 heavy (non-hydrogen) atoms. The Morgan fingerprint density at radius 1 is 1.17 bits per heavy atom. The first-order valence-corrected chi connectivity index (χ1v) is 9.86. The molecule has 9 heteroatoms. The molecule has 1 N–H and O–H groups in total. The summed E-state index contributed by atoms with van der Waals surface area (Å²) in [6.45, 7) is 1.39. The number of piperidine rings is 1. The number of benzene rings is 1. The predicted octanol–water partition coefficient (Wildman–Crippen LogP) is 2.47. The first-order chi connectivity index (χ1) is 14.8. The number of carbonyl (C=O) groups is 1. The number of hydrogen-bond acceptors (Lipinski definition) is 6. The fraction of sp³-hybridized carbons (Fsp3) is 0.238. The number of pyridine rings is 1. The van der Waals surface area contributed by atoms with Crippen molar-refractivity contribution >= 4 is 5.91 Å². The van der Waals surface area contributed by atoms with Crippen molar-refractivity contribution in [3.05, 3.63) is 72.6 Å². The third-order valence-electron chi connectivity index (χ3n) is 5.48. The number of aromatic nitrogens is 7. The molecule has 0 radical (unpaired) electrons. The Labute approximate surface area is 172 Å². The molecule has 1 fully saturated rings. The second-order valence-electron chi connectivity index (χ2n) is 7.33. The van der Waals surface area contributed by atoms with Crippen molar-refractivity contribution in [2.75, 3.05) is 13.1 Å². The van der Waals surface area contributed by atoms with Crippen LogP contribution in [0.4, 0.5) is 0 Å². The number of carbonyl (C=O) groups excluding carboxylic acids is 1. The molecule has 0 saturated carbocycles. The molecule has 1 aliphatic rings. The second-order valence-corrected chi connectivity index (χ2v) is 7.33. The number of nitrogens with zero attached hydrogens (tertiary/aromatic N) is 7. The van der Waals surface area contributed by atoms with E-state index >= 15 is 0 Å². The topological polar surface area (TPSA) is 105 Å². The van der Waals surface area contributed by atoms with Gasteiger partial charge in [0.15, 0.2) is 0 Å². The van der Waals surface area contributed by atoms with E-state index < -0.39 is 0 Å². The Morgan fingerprint density at radius 2 is 2.07 bits per heavy atom. The molecule has 0 aliphatic carbocycles. The smallest absolute Gasteiger partial charge is 0.253 e. The van der Waals surface area contributed by atoms with Crippen molar-refractivity contribution in [1.29, 1.82) is 0 Å². The van der Waals surface area contributed by atoms with E-state index in [1.54, 1.807) is 17.1 Å². The zero-order valence-corrected chi connectivity index (χ0v) is 16.2.